The maximum absolute atomic E-state index is 10.8. The minimum absolute atomic E-state index is 0.394. The number of aliphatic hydroxyl groups excluding tert-OH is 1. The normalized spacial score (nSPS) is 14.9. The van der Waals surface area contributed by atoms with Gasteiger partial charge in [0.2, 0.25) is 0 Å². The molecule has 0 aliphatic heterocycles. The Labute approximate surface area is 75.6 Å². The Kier molecular flexibility index (Phi) is 2.65. The predicted molar refractivity (Wildman–Crippen MR) is 47.0 cm³/mol. The van der Waals surface area contributed by atoms with Crippen LogP contribution in [0.15, 0.2) is 30.3 Å². The van der Waals surface area contributed by atoms with Crippen molar-refractivity contribution in [1.29, 1.82) is 0 Å². The van der Waals surface area contributed by atoms with E-state index >= 15 is 0 Å². The average molecular weight is 181 g/mol. The molecule has 1 atom stereocenters. The SMILES string of the molecule is N[C@@](CO)(C(=O)O)c1ccccc1. The molecule has 0 spiro atoms. The zero-order valence-corrected chi connectivity index (χ0v) is 6.97. The van der Waals surface area contributed by atoms with Crippen LogP contribution in [0.5, 0.6) is 0 Å². The van der Waals surface area contributed by atoms with Gasteiger partial charge in [0.1, 0.15) is 0 Å². The molecule has 0 amide bonds. The van der Waals surface area contributed by atoms with Gasteiger partial charge in [0.25, 0.3) is 0 Å². The number of hydrogen-bond donors (Lipinski definition) is 3. The Morgan fingerprint density at radius 2 is 1.92 bits per heavy atom. The third kappa shape index (κ3) is 1.68. The number of carboxylic acids is 1. The van der Waals surface area contributed by atoms with E-state index in [9.17, 15) is 4.79 Å². The molecular weight excluding hydrogens is 170 g/mol. The van der Waals surface area contributed by atoms with Crippen LogP contribution in [0.3, 0.4) is 0 Å². The number of hydrogen-bond acceptors (Lipinski definition) is 3. The predicted octanol–water partition coefficient (Wildman–Crippen LogP) is -0.0825. The van der Waals surface area contributed by atoms with Gasteiger partial charge in [0.15, 0.2) is 5.54 Å². The summed E-state index contributed by atoms with van der Waals surface area (Å²) >= 11 is 0. The fraction of sp³-hybridized carbons (Fsp3) is 0.222. The number of aliphatic hydroxyl groups is 1. The summed E-state index contributed by atoms with van der Waals surface area (Å²) in [7, 11) is 0. The Balaban J connectivity index is 3.11. The number of carbonyl (C=O) groups is 1. The molecule has 0 aliphatic carbocycles. The molecule has 1 rings (SSSR count). The summed E-state index contributed by atoms with van der Waals surface area (Å²) in [6, 6.07) is 8.25. The number of benzene rings is 1. The monoisotopic (exact) mass is 181 g/mol. The van der Waals surface area contributed by atoms with Crippen LogP contribution >= 0.6 is 0 Å². The molecule has 0 aromatic heterocycles. The molecule has 0 unspecified atom stereocenters. The van der Waals surface area contributed by atoms with Crippen molar-refractivity contribution >= 4 is 5.97 Å². The van der Waals surface area contributed by atoms with Gasteiger partial charge in [-0.1, -0.05) is 30.3 Å². The highest BCUT2D eigenvalue weighted by molar-refractivity contribution is 5.80. The van der Waals surface area contributed by atoms with Crippen LogP contribution in [0.2, 0.25) is 0 Å². The maximum Gasteiger partial charge on any atom is 0.330 e. The van der Waals surface area contributed by atoms with Gasteiger partial charge in [-0.15, -0.1) is 0 Å². The number of rotatable bonds is 3. The minimum Gasteiger partial charge on any atom is -0.480 e. The van der Waals surface area contributed by atoms with Gasteiger partial charge in [-0.3, -0.25) is 0 Å². The molecule has 4 N–H and O–H groups in total. The summed E-state index contributed by atoms with van der Waals surface area (Å²) in [5, 5.41) is 17.7. The Bertz CT molecular complexity index is 299. The summed E-state index contributed by atoms with van der Waals surface area (Å²) in [6.07, 6.45) is 0. The molecule has 70 valence electrons. The van der Waals surface area contributed by atoms with E-state index in [-0.39, 0.29) is 0 Å². The lowest BCUT2D eigenvalue weighted by molar-refractivity contribution is -0.145. The van der Waals surface area contributed by atoms with Gasteiger partial charge in [-0.05, 0) is 5.56 Å². The Hall–Kier alpha value is -1.39. The molecule has 4 nitrogen and oxygen atoms in total. The fourth-order valence-corrected chi connectivity index (χ4v) is 1.02. The first-order chi connectivity index (χ1) is 6.11. The van der Waals surface area contributed by atoms with Crippen molar-refractivity contribution in [3.63, 3.8) is 0 Å². The molecule has 0 aliphatic rings. The van der Waals surface area contributed by atoms with Crippen LogP contribution in [0, 0.1) is 0 Å². The third-order valence-corrected chi connectivity index (χ3v) is 1.92. The zero-order chi connectivity index (χ0) is 9.90. The zero-order valence-electron chi connectivity index (χ0n) is 6.97. The summed E-state index contributed by atoms with van der Waals surface area (Å²) in [5.74, 6) is -1.23. The first-order valence-electron chi connectivity index (χ1n) is 3.80. The van der Waals surface area contributed by atoms with Gasteiger partial charge >= 0.3 is 5.97 Å². The van der Waals surface area contributed by atoms with Crippen molar-refractivity contribution in [1.82, 2.24) is 0 Å². The third-order valence-electron chi connectivity index (χ3n) is 1.92. The second-order valence-corrected chi connectivity index (χ2v) is 2.80. The standard InChI is InChI=1S/C9H11NO3/c10-9(6-11,8(12)13)7-4-2-1-3-5-7/h1-5,11H,6,10H2,(H,12,13)/t9-/m1/s1. The molecule has 1 aromatic rings. The van der Waals surface area contributed by atoms with E-state index < -0.39 is 18.1 Å². The number of aliphatic carboxylic acids is 1. The molecule has 0 radical (unpaired) electrons. The largest absolute Gasteiger partial charge is 0.480 e. The molecular formula is C9H11NO3. The van der Waals surface area contributed by atoms with Crippen LogP contribution < -0.4 is 5.73 Å². The van der Waals surface area contributed by atoms with E-state index in [1.165, 1.54) is 0 Å². The Morgan fingerprint density at radius 1 is 1.38 bits per heavy atom. The first kappa shape index (κ1) is 9.70. The minimum atomic E-state index is -1.69. The van der Waals surface area contributed by atoms with E-state index in [2.05, 4.69) is 0 Å². The maximum atomic E-state index is 10.8. The summed E-state index contributed by atoms with van der Waals surface area (Å²) in [6.45, 7) is -0.619. The lowest BCUT2D eigenvalue weighted by Gasteiger charge is -2.22. The van der Waals surface area contributed by atoms with E-state index in [0.29, 0.717) is 5.56 Å². The average Bonchev–Trinajstić information content (AvgIpc) is 2.17. The molecule has 0 bridgehead atoms. The molecule has 4 heteroatoms. The van der Waals surface area contributed by atoms with E-state index in [1.54, 1.807) is 30.3 Å². The fourth-order valence-electron chi connectivity index (χ4n) is 1.02. The van der Waals surface area contributed by atoms with Crippen molar-refractivity contribution in [3.8, 4) is 0 Å². The van der Waals surface area contributed by atoms with Gasteiger partial charge in [-0.25, -0.2) is 4.79 Å². The van der Waals surface area contributed by atoms with Gasteiger partial charge in [0.05, 0.1) is 6.61 Å². The quantitative estimate of drug-likeness (QED) is 0.609. The molecule has 13 heavy (non-hydrogen) atoms. The Morgan fingerprint density at radius 3 is 2.31 bits per heavy atom. The van der Waals surface area contributed by atoms with Crippen LogP contribution in [-0.2, 0) is 10.3 Å². The molecule has 0 saturated carbocycles. The summed E-state index contributed by atoms with van der Waals surface area (Å²) in [5.41, 5.74) is 4.21. The highest BCUT2D eigenvalue weighted by Gasteiger charge is 2.34. The van der Waals surface area contributed by atoms with Gasteiger partial charge in [-0.2, -0.15) is 0 Å². The van der Waals surface area contributed by atoms with Crippen molar-refractivity contribution < 1.29 is 15.0 Å². The van der Waals surface area contributed by atoms with Crippen molar-refractivity contribution in [3.05, 3.63) is 35.9 Å². The summed E-state index contributed by atoms with van der Waals surface area (Å²) < 4.78 is 0. The van der Waals surface area contributed by atoms with Crippen LogP contribution in [-0.4, -0.2) is 22.8 Å². The smallest absolute Gasteiger partial charge is 0.330 e. The highest BCUT2D eigenvalue weighted by atomic mass is 16.4. The molecule has 0 heterocycles. The second-order valence-electron chi connectivity index (χ2n) is 2.80. The second kappa shape index (κ2) is 3.55. The highest BCUT2D eigenvalue weighted by Crippen LogP contribution is 2.17. The van der Waals surface area contributed by atoms with Gasteiger partial charge < -0.3 is 15.9 Å². The summed E-state index contributed by atoms with van der Waals surface area (Å²) in [4.78, 5) is 10.8. The van der Waals surface area contributed by atoms with E-state index in [1.807, 2.05) is 0 Å². The van der Waals surface area contributed by atoms with Crippen molar-refractivity contribution in [2.75, 3.05) is 6.61 Å². The number of carboxylic acid groups (broad SMARTS) is 1. The van der Waals surface area contributed by atoms with Crippen LogP contribution in [0.25, 0.3) is 0 Å². The topological polar surface area (TPSA) is 83.5 Å². The van der Waals surface area contributed by atoms with Crippen molar-refractivity contribution in [2.24, 2.45) is 5.73 Å². The van der Waals surface area contributed by atoms with Crippen LogP contribution in [0.1, 0.15) is 5.56 Å². The number of nitrogens with two attached hydrogens (primary N) is 1. The lowest BCUT2D eigenvalue weighted by atomic mass is 9.92. The lowest BCUT2D eigenvalue weighted by Crippen LogP contribution is -2.48. The first-order valence-corrected chi connectivity index (χ1v) is 3.80. The molecule has 0 saturated heterocycles. The van der Waals surface area contributed by atoms with E-state index in [4.69, 9.17) is 15.9 Å². The molecule has 0 fully saturated rings. The van der Waals surface area contributed by atoms with Crippen LogP contribution in [0.4, 0.5) is 0 Å². The van der Waals surface area contributed by atoms with Gasteiger partial charge in [0, 0.05) is 0 Å². The molecule has 1 aromatic carbocycles. The van der Waals surface area contributed by atoms with Crippen molar-refractivity contribution in [2.45, 2.75) is 5.54 Å². The van der Waals surface area contributed by atoms with E-state index in [0.717, 1.165) is 0 Å².